The van der Waals surface area contributed by atoms with Crippen LogP contribution in [0.2, 0.25) is 0 Å². The van der Waals surface area contributed by atoms with E-state index in [1.54, 1.807) is 32.6 Å². The number of nitrogens with zero attached hydrogens (tertiary/aromatic N) is 3. The molecule has 2 aromatic rings. The minimum atomic E-state index is -0.841. The lowest BCUT2D eigenvalue weighted by Crippen LogP contribution is -2.58. The van der Waals surface area contributed by atoms with Gasteiger partial charge in [-0.1, -0.05) is 51.1 Å². The summed E-state index contributed by atoms with van der Waals surface area (Å²) in [6.07, 6.45) is -0.0156. The van der Waals surface area contributed by atoms with Crippen molar-refractivity contribution in [3.05, 3.63) is 40.7 Å². The lowest BCUT2D eigenvalue weighted by atomic mass is 9.85. The van der Waals surface area contributed by atoms with Crippen LogP contribution < -0.4 is 11.1 Å². The number of rotatable bonds is 6. The number of amides is 3. The number of ether oxygens (including phenoxy) is 1. The van der Waals surface area contributed by atoms with Gasteiger partial charge in [0, 0.05) is 30.6 Å². The van der Waals surface area contributed by atoms with Crippen molar-refractivity contribution in [2.24, 2.45) is 11.1 Å². The quantitative estimate of drug-likeness (QED) is 0.564. The van der Waals surface area contributed by atoms with E-state index in [2.05, 4.69) is 5.32 Å². The van der Waals surface area contributed by atoms with E-state index < -0.39 is 35.1 Å². The number of nitrogens with two attached hydrogens (primary N) is 1. The fraction of sp³-hybridized carbons (Fsp3) is 0.571. The lowest BCUT2D eigenvalue weighted by molar-refractivity contribution is -0.141. The van der Waals surface area contributed by atoms with Gasteiger partial charge in [0.2, 0.25) is 11.8 Å². The SMILES string of the molecule is CC(C(=O)NC(C(=O)N1CC(N)CC1c1nc(-c2ccccc2)cs1)C(C)(C)C)N(C)C(=O)OC(C)(C)C. The minimum absolute atomic E-state index is 0.193. The van der Waals surface area contributed by atoms with Crippen LogP contribution in [0.4, 0.5) is 4.79 Å². The van der Waals surface area contributed by atoms with E-state index in [9.17, 15) is 14.4 Å². The van der Waals surface area contributed by atoms with Gasteiger partial charge in [-0.15, -0.1) is 11.3 Å². The monoisotopic (exact) mass is 543 g/mol. The summed E-state index contributed by atoms with van der Waals surface area (Å²) in [5.41, 5.74) is 6.92. The molecular formula is C28H41N5O4S. The molecule has 1 fully saturated rings. The average molecular weight is 544 g/mol. The number of hydrogen-bond acceptors (Lipinski definition) is 7. The van der Waals surface area contributed by atoms with Crippen LogP contribution in [0, 0.1) is 5.41 Å². The first kappa shape index (κ1) is 29.6. The summed E-state index contributed by atoms with van der Waals surface area (Å²) in [6.45, 7) is 13.0. The Balaban J connectivity index is 1.80. The van der Waals surface area contributed by atoms with Crippen LogP contribution in [0.1, 0.15) is 65.9 Å². The summed E-state index contributed by atoms with van der Waals surface area (Å²) in [4.78, 5) is 47.5. The summed E-state index contributed by atoms with van der Waals surface area (Å²) in [5.74, 6) is -0.653. The maximum atomic E-state index is 14.0. The van der Waals surface area contributed by atoms with Gasteiger partial charge in [-0.05, 0) is 39.5 Å². The van der Waals surface area contributed by atoms with E-state index in [0.29, 0.717) is 13.0 Å². The first-order chi connectivity index (χ1) is 17.6. The fourth-order valence-electron chi connectivity index (χ4n) is 4.27. The Bertz CT molecular complexity index is 1140. The van der Waals surface area contributed by atoms with Crippen molar-refractivity contribution in [2.45, 2.75) is 84.7 Å². The molecule has 0 aliphatic carbocycles. The lowest BCUT2D eigenvalue weighted by Gasteiger charge is -2.36. The molecule has 1 aromatic heterocycles. The number of carbonyl (C=O) groups excluding carboxylic acids is 3. The molecule has 3 amide bonds. The summed E-state index contributed by atoms with van der Waals surface area (Å²) < 4.78 is 5.39. The highest BCUT2D eigenvalue weighted by Gasteiger charge is 2.43. The van der Waals surface area contributed by atoms with Crippen LogP contribution in [-0.2, 0) is 14.3 Å². The highest BCUT2D eigenvalue weighted by molar-refractivity contribution is 7.10. The smallest absolute Gasteiger partial charge is 0.410 e. The van der Waals surface area contributed by atoms with Crippen LogP contribution in [0.25, 0.3) is 11.3 Å². The van der Waals surface area contributed by atoms with Crippen molar-refractivity contribution in [3.63, 3.8) is 0 Å². The van der Waals surface area contributed by atoms with E-state index in [4.69, 9.17) is 15.5 Å². The molecule has 3 N–H and O–H groups in total. The number of thiazole rings is 1. The second-order valence-corrected chi connectivity index (χ2v) is 12.9. The molecule has 0 spiro atoms. The van der Waals surface area contributed by atoms with Crippen molar-refractivity contribution >= 4 is 29.2 Å². The first-order valence-corrected chi connectivity index (χ1v) is 13.8. The van der Waals surface area contributed by atoms with Crippen molar-refractivity contribution in [3.8, 4) is 11.3 Å². The van der Waals surface area contributed by atoms with Crippen LogP contribution >= 0.6 is 11.3 Å². The molecule has 0 saturated carbocycles. The predicted octanol–water partition coefficient (Wildman–Crippen LogP) is 4.20. The highest BCUT2D eigenvalue weighted by Crippen LogP contribution is 2.37. The van der Waals surface area contributed by atoms with Gasteiger partial charge in [-0.2, -0.15) is 0 Å². The molecule has 1 aliphatic heterocycles. The zero-order valence-corrected chi connectivity index (χ0v) is 24.5. The Morgan fingerprint density at radius 1 is 1.16 bits per heavy atom. The molecule has 1 aromatic carbocycles. The average Bonchev–Trinajstić information content (AvgIpc) is 3.46. The van der Waals surface area contributed by atoms with E-state index in [0.717, 1.165) is 16.3 Å². The van der Waals surface area contributed by atoms with E-state index >= 15 is 0 Å². The van der Waals surface area contributed by atoms with Crippen LogP contribution in [0.3, 0.4) is 0 Å². The number of benzene rings is 1. The second kappa shape index (κ2) is 11.4. The normalized spacial score (nSPS) is 19.6. The zero-order chi connectivity index (χ0) is 28.4. The van der Waals surface area contributed by atoms with E-state index in [1.165, 1.54) is 23.3 Å². The summed E-state index contributed by atoms with van der Waals surface area (Å²) in [6, 6.07) is 7.76. The summed E-state index contributed by atoms with van der Waals surface area (Å²) in [5, 5.41) is 5.73. The molecule has 4 atom stereocenters. The zero-order valence-electron chi connectivity index (χ0n) is 23.6. The number of carbonyl (C=O) groups is 3. The number of likely N-dealkylation sites (N-methyl/N-ethyl adjacent to an activating group) is 1. The third-order valence-electron chi connectivity index (χ3n) is 6.53. The summed E-state index contributed by atoms with van der Waals surface area (Å²) in [7, 11) is 1.51. The molecule has 1 saturated heterocycles. The third-order valence-corrected chi connectivity index (χ3v) is 7.48. The largest absolute Gasteiger partial charge is 0.444 e. The number of aromatic nitrogens is 1. The Kier molecular flexibility index (Phi) is 8.88. The third kappa shape index (κ3) is 7.11. The van der Waals surface area contributed by atoms with Crippen molar-refractivity contribution < 1.29 is 19.1 Å². The number of nitrogens with one attached hydrogen (secondary N) is 1. The van der Waals surface area contributed by atoms with Gasteiger partial charge in [-0.3, -0.25) is 14.5 Å². The molecule has 38 heavy (non-hydrogen) atoms. The standard InChI is InChI=1S/C28H41N5O4S/c1-17(32(8)26(36)37-28(5,6)7)23(34)31-22(27(2,3)4)25(35)33-15-19(29)14-21(33)24-30-20(16-38-24)18-12-10-9-11-13-18/h9-13,16-17,19,21-22H,14-15,29H2,1-8H3,(H,31,34). The molecule has 0 radical (unpaired) electrons. The minimum Gasteiger partial charge on any atom is -0.444 e. The predicted molar refractivity (Wildman–Crippen MR) is 149 cm³/mol. The second-order valence-electron chi connectivity index (χ2n) is 12.0. The van der Waals surface area contributed by atoms with Crippen molar-refractivity contribution in [2.75, 3.05) is 13.6 Å². The van der Waals surface area contributed by atoms with Gasteiger partial charge in [-0.25, -0.2) is 9.78 Å². The number of hydrogen-bond donors (Lipinski definition) is 2. The maximum absolute atomic E-state index is 14.0. The Hall–Kier alpha value is -2.98. The number of likely N-dealkylation sites (tertiary alicyclic amines) is 1. The van der Waals surface area contributed by atoms with Crippen LogP contribution in [0.5, 0.6) is 0 Å². The topological polar surface area (TPSA) is 118 Å². The van der Waals surface area contributed by atoms with Gasteiger partial charge < -0.3 is 20.7 Å². The summed E-state index contributed by atoms with van der Waals surface area (Å²) >= 11 is 1.51. The molecule has 4 unspecified atom stereocenters. The molecule has 0 bridgehead atoms. The first-order valence-electron chi connectivity index (χ1n) is 12.9. The Labute approximate surface area is 229 Å². The van der Waals surface area contributed by atoms with Crippen molar-refractivity contribution in [1.29, 1.82) is 0 Å². The highest BCUT2D eigenvalue weighted by atomic mass is 32.1. The molecule has 1 aliphatic rings. The Morgan fingerprint density at radius 2 is 1.79 bits per heavy atom. The van der Waals surface area contributed by atoms with Crippen molar-refractivity contribution in [1.82, 2.24) is 20.1 Å². The van der Waals surface area contributed by atoms with Gasteiger partial charge in [0.1, 0.15) is 22.7 Å². The van der Waals surface area contributed by atoms with Crippen LogP contribution in [0.15, 0.2) is 35.7 Å². The molecule has 3 rings (SSSR count). The molecule has 10 heteroatoms. The maximum Gasteiger partial charge on any atom is 0.410 e. The molecular weight excluding hydrogens is 502 g/mol. The van der Waals surface area contributed by atoms with E-state index in [1.807, 2.05) is 56.5 Å². The fourth-order valence-corrected chi connectivity index (χ4v) is 5.23. The van der Waals surface area contributed by atoms with Gasteiger partial charge >= 0.3 is 6.09 Å². The Morgan fingerprint density at radius 3 is 2.37 bits per heavy atom. The van der Waals surface area contributed by atoms with Gasteiger partial charge in [0.05, 0.1) is 11.7 Å². The molecule has 9 nitrogen and oxygen atoms in total. The molecule has 208 valence electrons. The van der Waals surface area contributed by atoms with Gasteiger partial charge in [0.25, 0.3) is 0 Å². The van der Waals surface area contributed by atoms with E-state index in [-0.39, 0.29) is 18.0 Å². The molecule has 2 heterocycles. The van der Waals surface area contributed by atoms with Crippen LogP contribution in [-0.4, -0.2) is 70.0 Å². The van der Waals surface area contributed by atoms with Gasteiger partial charge in [0.15, 0.2) is 0 Å².